The van der Waals surface area contributed by atoms with Crippen LogP contribution in [0.5, 0.6) is 0 Å². The van der Waals surface area contributed by atoms with E-state index in [0.717, 1.165) is 33.8 Å². The first-order valence-electron chi connectivity index (χ1n) is 11.2. The van der Waals surface area contributed by atoms with Crippen molar-refractivity contribution in [2.45, 2.75) is 39.7 Å². The molecule has 0 saturated carbocycles. The van der Waals surface area contributed by atoms with Gasteiger partial charge in [-0.05, 0) is 74.2 Å². The maximum Gasteiger partial charge on any atom is 0.307 e. The van der Waals surface area contributed by atoms with Crippen LogP contribution in [-0.4, -0.2) is 48.4 Å². The van der Waals surface area contributed by atoms with Crippen molar-refractivity contribution in [1.29, 1.82) is 0 Å². The van der Waals surface area contributed by atoms with E-state index in [2.05, 4.69) is 53.7 Å². The molecule has 0 radical (unpaired) electrons. The van der Waals surface area contributed by atoms with Gasteiger partial charge in [-0.2, -0.15) is 4.39 Å². The number of hydrogen-bond acceptors (Lipinski definition) is 5. The third kappa shape index (κ3) is 4.93. The minimum absolute atomic E-state index is 0.167. The average molecular weight is 452 g/mol. The number of methoxy groups -OCH3 is 1. The predicted molar refractivity (Wildman–Crippen MR) is 126 cm³/mol. The van der Waals surface area contributed by atoms with Gasteiger partial charge in [-0.3, -0.25) is 4.79 Å². The second-order valence-corrected chi connectivity index (χ2v) is 8.52. The van der Waals surface area contributed by atoms with Gasteiger partial charge in [0.1, 0.15) is 5.82 Å². The maximum atomic E-state index is 14.8. The van der Waals surface area contributed by atoms with Crippen LogP contribution in [0.1, 0.15) is 29.8 Å². The third-order valence-electron chi connectivity index (χ3n) is 6.28. The summed E-state index contributed by atoms with van der Waals surface area (Å²) in [5.41, 5.74) is 6.04. The number of hydrogen-bond donors (Lipinski definition) is 0. The molecule has 0 aliphatic carbocycles. The monoisotopic (exact) mass is 451 g/mol. The van der Waals surface area contributed by atoms with Gasteiger partial charge in [0.2, 0.25) is 5.95 Å². The summed E-state index contributed by atoms with van der Waals surface area (Å²) in [5.74, 6) is -0.352. The molecule has 0 spiro atoms. The Balaban J connectivity index is 1.76. The molecule has 174 valence electrons. The summed E-state index contributed by atoms with van der Waals surface area (Å²) in [4.78, 5) is 18.1. The van der Waals surface area contributed by atoms with E-state index in [0.29, 0.717) is 32.0 Å². The van der Waals surface area contributed by atoms with Gasteiger partial charge in [-0.1, -0.05) is 6.07 Å². The number of carbonyl (C=O) groups excluding carboxylic acids is 1. The Morgan fingerprint density at radius 1 is 1.12 bits per heavy atom. The highest BCUT2D eigenvalue weighted by molar-refractivity contribution is 5.73. The highest BCUT2D eigenvalue weighted by atomic mass is 19.1. The van der Waals surface area contributed by atoms with Crippen molar-refractivity contribution < 1.29 is 18.7 Å². The largest absolute Gasteiger partial charge is 0.469 e. The molecule has 1 aromatic carbocycles. The molecule has 33 heavy (non-hydrogen) atoms. The van der Waals surface area contributed by atoms with Gasteiger partial charge in [0.25, 0.3) is 0 Å². The van der Waals surface area contributed by atoms with E-state index in [1.807, 2.05) is 17.9 Å². The van der Waals surface area contributed by atoms with E-state index in [4.69, 9.17) is 9.47 Å². The lowest BCUT2D eigenvalue weighted by atomic mass is 10.00. The van der Waals surface area contributed by atoms with Crippen molar-refractivity contribution in [2.24, 2.45) is 0 Å². The fourth-order valence-corrected chi connectivity index (χ4v) is 4.53. The van der Waals surface area contributed by atoms with Crippen molar-refractivity contribution in [2.75, 3.05) is 31.8 Å². The summed E-state index contributed by atoms with van der Waals surface area (Å²) < 4.78 is 27.5. The highest BCUT2D eigenvalue weighted by Gasteiger charge is 2.26. The van der Waals surface area contributed by atoms with Gasteiger partial charge >= 0.3 is 5.97 Å². The number of nitrogens with zero attached hydrogens (tertiary/aromatic N) is 3. The fraction of sp³-hybridized carbons (Fsp3) is 0.385. The number of carbonyl (C=O) groups is 1. The van der Waals surface area contributed by atoms with E-state index < -0.39 is 5.95 Å². The summed E-state index contributed by atoms with van der Waals surface area (Å²) in [6.45, 7) is 7.72. The maximum absolute atomic E-state index is 14.8. The molecule has 0 amide bonds. The third-order valence-corrected chi connectivity index (χ3v) is 6.28. The number of rotatable bonds is 5. The molecule has 4 rings (SSSR count). The van der Waals surface area contributed by atoms with Crippen LogP contribution in [0.4, 0.5) is 10.2 Å². The first kappa shape index (κ1) is 23.0. The van der Waals surface area contributed by atoms with Crippen molar-refractivity contribution >= 4 is 11.8 Å². The summed E-state index contributed by atoms with van der Waals surface area (Å²) in [6.07, 6.45) is 0.845. The molecule has 0 bridgehead atoms. The molecule has 3 heterocycles. The lowest BCUT2D eigenvalue weighted by Crippen LogP contribution is -2.38. The Labute approximate surface area is 194 Å². The Hall–Kier alpha value is -3.19. The molecule has 1 unspecified atom stereocenters. The van der Waals surface area contributed by atoms with E-state index in [1.165, 1.54) is 13.2 Å². The molecular formula is C26H30FN3O3. The van der Waals surface area contributed by atoms with Crippen LogP contribution in [0.3, 0.4) is 0 Å². The number of aromatic nitrogens is 2. The molecule has 2 aromatic heterocycles. The van der Waals surface area contributed by atoms with Crippen LogP contribution in [0, 0.1) is 26.7 Å². The number of benzene rings is 1. The van der Waals surface area contributed by atoms with Crippen LogP contribution in [0.15, 0.2) is 42.5 Å². The van der Waals surface area contributed by atoms with Crippen molar-refractivity contribution in [1.82, 2.24) is 9.55 Å². The van der Waals surface area contributed by atoms with E-state index in [1.54, 1.807) is 0 Å². The molecule has 7 heteroatoms. The fourth-order valence-electron chi connectivity index (χ4n) is 4.53. The van der Waals surface area contributed by atoms with Crippen LogP contribution in [0.25, 0.3) is 16.8 Å². The SMILES string of the molecule is COC(=O)CC1CCOCCN1c1cc(-c2cc(-n3c(C)ccc3C)ccc2C)cc(F)n1. The lowest BCUT2D eigenvalue weighted by molar-refractivity contribution is -0.141. The molecule has 3 aromatic rings. The van der Waals surface area contributed by atoms with E-state index in [9.17, 15) is 9.18 Å². The Morgan fingerprint density at radius 3 is 2.61 bits per heavy atom. The predicted octanol–water partition coefficient (Wildman–Crippen LogP) is 4.76. The molecule has 6 nitrogen and oxygen atoms in total. The Morgan fingerprint density at radius 2 is 1.88 bits per heavy atom. The highest BCUT2D eigenvalue weighted by Crippen LogP contribution is 2.31. The van der Waals surface area contributed by atoms with Gasteiger partial charge in [-0.25, -0.2) is 4.98 Å². The summed E-state index contributed by atoms with van der Waals surface area (Å²) in [6, 6.07) is 13.6. The molecule has 1 saturated heterocycles. The van der Waals surface area contributed by atoms with Gasteiger partial charge in [-0.15, -0.1) is 0 Å². The summed E-state index contributed by atoms with van der Waals surface area (Å²) >= 11 is 0. The van der Waals surface area contributed by atoms with Crippen molar-refractivity contribution in [3.05, 3.63) is 65.4 Å². The molecule has 1 atom stereocenters. The Bertz CT molecular complexity index is 1140. The van der Waals surface area contributed by atoms with E-state index in [-0.39, 0.29) is 18.4 Å². The zero-order valence-electron chi connectivity index (χ0n) is 19.6. The van der Waals surface area contributed by atoms with E-state index >= 15 is 0 Å². The average Bonchev–Trinajstić information content (AvgIpc) is 2.98. The number of ether oxygens (including phenoxy) is 2. The topological polar surface area (TPSA) is 56.6 Å². The summed E-state index contributed by atoms with van der Waals surface area (Å²) in [5, 5.41) is 0. The smallest absolute Gasteiger partial charge is 0.307 e. The van der Waals surface area contributed by atoms with Crippen molar-refractivity contribution in [3.63, 3.8) is 0 Å². The number of halogens is 1. The second kappa shape index (κ2) is 9.75. The number of anilines is 1. The Kier molecular flexibility index (Phi) is 6.79. The quantitative estimate of drug-likeness (QED) is 0.413. The first-order chi connectivity index (χ1) is 15.9. The molecule has 0 N–H and O–H groups in total. The van der Waals surface area contributed by atoms with Crippen LogP contribution in [-0.2, 0) is 14.3 Å². The van der Waals surface area contributed by atoms with Gasteiger partial charge in [0.05, 0.1) is 20.1 Å². The number of aryl methyl sites for hydroxylation is 3. The molecule has 1 aliphatic heterocycles. The van der Waals surface area contributed by atoms with Gasteiger partial charge in [0, 0.05) is 42.3 Å². The molecule has 1 fully saturated rings. The van der Waals surface area contributed by atoms with Crippen LogP contribution in [0.2, 0.25) is 0 Å². The molecule has 1 aliphatic rings. The lowest BCUT2D eigenvalue weighted by Gasteiger charge is -2.30. The standard InChI is InChI=1S/C26H30FN3O3/c1-17-5-8-22(30-18(2)6-7-19(30)3)15-23(17)20-13-24(27)28-25(14-20)29-10-12-33-11-9-21(29)16-26(31)32-4/h5-8,13-15,21H,9-12,16H2,1-4H3. The summed E-state index contributed by atoms with van der Waals surface area (Å²) in [7, 11) is 1.38. The van der Waals surface area contributed by atoms with Crippen molar-refractivity contribution in [3.8, 4) is 16.8 Å². The number of pyridine rings is 1. The minimum atomic E-state index is -0.553. The van der Waals surface area contributed by atoms with Crippen LogP contribution < -0.4 is 4.90 Å². The molecular weight excluding hydrogens is 421 g/mol. The zero-order valence-corrected chi connectivity index (χ0v) is 19.6. The van der Waals surface area contributed by atoms with Crippen LogP contribution >= 0.6 is 0 Å². The number of esters is 1. The van der Waals surface area contributed by atoms with Gasteiger partial charge < -0.3 is 18.9 Å². The first-order valence-corrected chi connectivity index (χ1v) is 11.2. The second-order valence-electron chi connectivity index (χ2n) is 8.52. The normalized spacial score (nSPS) is 16.5. The van der Waals surface area contributed by atoms with Gasteiger partial charge in [0.15, 0.2) is 0 Å². The minimum Gasteiger partial charge on any atom is -0.469 e. The zero-order chi connectivity index (χ0) is 23.5.